The van der Waals surface area contributed by atoms with Crippen molar-refractivity contribution in [3.05, 3.63) is 95.7 Å². The number of ether oxygens (including phenoxy) is 1. The summed E-state index contributed by atoms with van der Waals surface area (Å²) >= 11 is 0. The van der Waals surface area contributed by atoms with Crippen molar-refractivity contribution in [3.63, 3.8) is 0 Å². The standard InChI is InChI=1S/C26H25N3O2/c1-17(2)19-9-12-22(13-10-19)28-25(29-30)24-15-8-18(3)27-26(24)31-23-14-11-20-6-4-5-7-21(20)16-23/h4-17,30H,1-3H3,(H,28,29). The van der Waals surface area contributed by atoms with E-state index in [4.69, 9.17) is 4.74 Å². The van der Waals surface area contributed by atoms with Crippen molar-refractivity contribution in [1.29, 1.82) is 0 Å². The quantitative estimate of drug-likeness (QED) is 0.223. The van der Waals surface area contributed by atoms with E-state index in [0.717, 1.165) is 22.2 Å². The Morgan fingerprint density at radius 2 is 1.68 bits per heavy atom. The molecule has 0 atom stereocenters. The maximum absolute atomic E-state index is 9.82. The molecule has 0 aliphatic heterocycles. The van der Waals surface area contributed by atoms with E-state index < -0.39 is 0 Å². The second-order valence-corrected chi connectivity index (χ2v) is 7.73. The van der Waals surface area contributed by atoms with Crippen molar-refractivity contribution in [2.45, 2.75) is 26.7 Å². The highest BCUT2D eigenvalue weighted by molar-refractivity contribution is 6.01. The molecule has 0 saturated heterocycles. The predicted molar refractivity (Wildman–Crippen MR) is 125 cm³/mol. The third-order valence-electron chi connectivity index (χ3n) is 5.10. The van der Waals surface area contributed by atoms with E-state index in [1.165, 1.54) is 5.56 Å². The third-order valence-corrected chi connectivity index (χ3v) is 5.10. The van der Waals surface area contributed by atoms with Crippen LogP contribution in [0.5, 0.6) is 11.6 Å². The number of aryl methyl sites for hydroxylation is 1. The first-order chi connectivity index (χ1) is 15.0. The molecule has 4 aromatic rings. The van der Waals surface area contributed by atoms with Gasteiger partial charge in [0.05, 0.1) is 11.3 Å². The number of aliphatic imine (C=N–C) groups is 1. The highest BCUT2D eigenvalue weighted by Crippen LogP contribution is 2.28. The van der Waals surface area contributed by atoms with Gasteiger partial charge in [0.15, 0.2) is 5.84 Å². The van der Waals surface area contributed by atoms with E-state index in [9.17, 15) is 5.21 Å². The number of pyridine rings is 1. The maximum atomic E-state index is 9.82. The Hall–Kier alpha value is -3.70. The van der Waals surface area contributed by atoms with Crippen molar-refractivity contribution >= 4 is 22.3 Å². The average molecular weight is 412 g/mol. The van der Waals surface area contributed by atoms with Crippen LogP contribution in [-0.4, -0.2) is 16.0 Å². The van der Waals surface area contributed by atoms with Crippen LogP contribution < -0.4 is 10.2 Å². The van der Waals surface area contributed by atoms with Gasteiger partial charge in [-0.2, -0.15) is 0 Å². The second-order valence-electron chi connectivity index (χ2n) is 7.73. The largest absolute Gasteiger partial charge is 0.438 e. The van der Waals surface area contributed by atoms with E-state index in [0.29, 0.717) is 23.1 Å². The van der Waals surface area contributed by atoms with E-state index >= 15 is 0 Å². The van der Waals surface area contributed by atoms with Gasteiger partial charge in [0, 0.05) is 5.69 Å². The summed E-state index contributed by atoms with van der Waals surface area (Å²) in [5.41, 5.74) is 5.53. The number of aromatic nitrogens is 1. The molecule has 0 aliphatic carbocycles. The van der Waals surface area contributed by atoms with Crippen molar-refractivity contribution in [2.75, 3.05) is 0 Å². The summed E-state index contributed by atoms with van der Waals surface area (Å²) in [7, 11) is 0. The molecule has 0 fully saturated rings. The zero-order chi connectivity index (χ0) is 21.8. The van der Waals surface area contributed by atoms with Crippen LogP contribution in [0.25, 0.3) is 10.8 Å². The van der Waals surface area contributed by atoms with Crippen LogP contribution in [0.4, 0.5) is 5.69 Å². The zero-order valence-electron chi connectivity index (χ0n) is 17.8. The predicted octanol–water partition coefficient (Wildman–Crippen LogP) is 6.52. The lowest BCUT2D eigenvalue weighted by molar-refractivity contribution is 0.234. The summed E-state index contributed by atoms with van der Waals surface area (Å²) < 4.78 is 6.13. The molecule has 5 nitrogen and oxygen atoms in total. The van der Waals surface area contributed by atoms with Gasteiger partial charge in [-0.15, -0.1) is 0 Å². The molecule has 0 radical (unpaired) electrons. The van der Waals surface area contributed by atoms with Crippen LogP contribution in [0.1, 0.15) is 36.6 Å². The molecule has 2 N–H and O–H groups in total. The molecule has 3 aromatic carbocycles. The van der Waals surface area contributed by atoms with Gasteiger partial charge in [-0.05, 0) is 65.6 Å². The minimum absolute atomic E-state index is 0.264. The fourth-order valence-electron chi connectivity index (χ4n) is 3.34. The lowest BCUT2D eigenvalue weighted by atomic mass is 10.0. The molecule has 1 aromatic heterocycles. The van der Waals surface area contributed by atoms with E-state index in [1.807, 2.05) is 79.7 Å². The molecular weight excluding hydrogens is 386 g/mol. The Balaban J connectivity index is 1.70. The molecule has 0 saturated carbocycles. The number of benzene rings is 3. The van der Waals surface area contributed by atoms with Crippen LogP contribution in [0, 0.1) is 6.92 Å². The number of nitrogens with zero attached hydrogens (tertiary/aromatic N) is 2. The van der Waals surface area contributed by atoms with Crippen molar-refractivity contribution < 1.29 is 9.94 Å². The highest BCUT2D eigenvalue weighted by atomic mass is 16.5. The fourth-order valence-corrected chi connectivity index (χ4v) is 3.34. The molecule has 156 valence electrons. The van der Waals surface area contributed by atoms with E-state index in [-0.39, 0.29) is 5.84 Å². The van der Waals surface area contributed by atoms with E-state index in [1.54, 1.807) is 0 Å². The molecule has 31 heavy (non-hydrogen) atoms. The van der Waals surface area contributed by atoms with Gasteiger partial charge in [0.2, 0.25) is 5.88 Å². The molecule has 0 spiro atoms. The summed E-state index contributed by atoms with van der Waals surface area (Å²) in [4.78, 5) is 9.11. The number of hydrogen-bond donors (Lipinski definition) is 2. The zero-order valence-corrected chi connectivity index (χ0v) is 17.8. The van der Waals surface area contributed by atoms with Gasteiger partial charge in [0.1, 0.15) is 5.75 Å². The van der Waals surface area contributed by atoms with Crippen molar-refractivity contribution in [1.82, 2.24) is 10.5 Å². The molecular formula is C26H25N3O2. The Morgan fingerprint density at radius 3 is 2.39 bits per heavy atom. The molecule has 0 aliphatic rings. The van der Waals surface area contributed by atoms with E-state index in [2.05, 4.69) is 35.4 Å². The van der Waals surface area contributed by atoms with Gasteiger partial charge in [-0.3, -0.25) is 10.7 Å². The SMILES string of the molecule is Cc1ccc(C(=Nc2ccc(C(C)C)cc2)NO)c(Oc2ccc3ccccc3c2)n1. The van der Waals surface area contributed by atoms with Gasteiger partial charge < -0.3 is 4.74 Å². The van der Waals surface area contributed by atoms with Crippen LogP contribution >= 0.6 is 0 Å². The van der Waals surface area contributed by atoms with Gasteiger partial charge >= 0.3 is 0 Å². The number of amidine groups is 1. The monoisotopic (exact) mass is 411 g/mol. The Morgan fingerprint density at radius 1 is 0.935 bits per heavy atom. The number of hydroxylamine groups is 1. The maximum Gasteiger partial charge on any atom is 0.230 e. The lowest BCUT2D eigenvalue weighted by Gasteiger charge is -2.13. The normalized spacial score (nSPS) is 11.7. The second kappa shape index (κ2) is 8.98. The van der Waals surface area contributed by atoms with Crippen LogP contribution in [0.3, 0.4) is 0 Å². The number of fused-ring (bicyclic) bond motifs is 1. The van der Waals surface area contributed by atoms with Gasteiger partial charge in [0.25, 0.3) is 0 Å². The number of nitrogens with one attached hydrogen (secondary N) is 1. The molecule has 5 heteroatoms. The first kappa shape index (κ1) is 20.6. The Kier molecular flexibility index (Phi) is 5.96. The van der Waals surface area contributed by atoms with Crippen LogP contribution in [0.15, 0.2) is 83.9 Å². The highest BCUT2D eigenvalue weighted by Gasteiger charge is 2.14. The first-order valence-electron chi connectivity index (χ1n) is 10.3. The fraction of sp³-hybridized carbons (Fsp3) is 0.154. The third kappa shape index (κ3) is 4.73. The van der Waals surface area contributed by atoms with Crippen LogP contribution in [-0.2, 0) is 0 Å². The summed E-state index contributed by atoms with van der Waals surface area (Å²) in [6, 6.07) is 25.6. The minimum atomic E-state index is 0.264. The Labute approximate surface area is 182 Å². The van der Waals surface area contributed by atoms with Crippen LogP contribution in [0.2, 0.25) is 0 Å². The minimum Gasteiger partial charge on any atom is -0.438 e. The Bertz CT molecular complexity index is 1230. The first-order valence-corrected chi connectivity index (χ1v) is 10.3. The van der Waals surface area contributed by atoms with Gasteiger partial charge in [-0.25, -0.2) is 9.98 Å². The summed E-state index contributed by atoms with van der Waals surface area (Å²) in [5.74, 6) is 1.74. The number of hydrogen-bond acceptors (Lipinski definition) is 4. The summed E-state index contributed by atoms with van der Waals surface area (Å²) in [6.07, 6.45) is 0. The molecule has 0 unspecified atom stereocenters. The van der Waals surface area contributed by atoms with Crippen molar-refractivity contribution in [2.24, 2.45) is 4.99 Å². The smallest absolute Gasteiger partial charge is 0.230 e. The van der Waals surface area contributed by atoms with Crippen molar-refractivity contribution in [3.8, 4) is 11.6 Å². The molecule has 4 rings (SSSR count). The topological polar surface area (TPSA) is 66.7 Å². The average Bonchev–Trinajstić information content (AvgIpc) is 2.78. The summed E-state index contributed by atoms with van der Waals surface area (Å²) in [6.45, 7) is 6.19. The molecule has 0 bridgehead atoms. The lowest BCUT2D eigenvalue weighted by Crippen LogP contribution is -2.21. The molecule has 0 amide bonds. The molecule has 1 heterocycles. The van der Waals surface area contributed by atoms with Gasteiger partial charge in [-0.1, -0.05) is 56.3 Å². The number of rotatable bonds is 5. The summed E-state index contributed by atoms with van der Waals surface area (Å²) in [5, 5.41) is 12.0.